The second-order valence-corrected chi connectivity index (χ2v) is 5.57. The molecule has 1 heterocycles. The van der Waals surface area contributed by atoms with E-state index in [4.69, 9.17) is 5.73 Å². The average Bonchev–Trinajstić information content (AvgIpc) is 2.55. The summed E-state index contributed by atoms with van der Waals surface area (Å²) in [6.45, 7) is 3.27. The van der Waals surface area contributed by atoms with Crippen molar-refractivity contribution >= 4 is 10.0 Å². The van der Waals surface area contributed by atoms with E-state index in [1.807, 2.05) is 6.92 Å². The molecule has 5 heteroatoms. The molecule has 0 radical (unpaired) electrons. The van der Waals surface area contributed by atoms with E-state index in [0.717, 1.165) is 12.8 Å². The highest BCUT2D eigenvalue weighted by Gasteiger charge is 2.26. The molecule has 4 nitrogen and oxygen atoms in total. The first kappa shape index (κ1) is 10.9. The fourth-order valence-corrected chi connectivity index (χ4v) is 3.26. The predicted octanol–water partition coefficient (Wildman–Crippen LogP) is 0.149. The molecule has 0 aromatic rings. The highest BCUT2D eigenvalue weighted by molar-refractivity contribution is 7.89. The molecule has 1 unspecified atom stereocenters. The maximum absolute atomic E-state index is 11.6. The third-order valence-electron chi connectivity index (χ3n) is 2.41. The first-order chi connectivity index (χ1) is 6.06. The van der Waals surface area contributed by atoms with Crippen LogP contribution in [0.1, 0.15) is 26.2 Å². The topological polar surface area (TPSA) is 63.4 Å². The van der Waals surface area contributed by atoms with Gasteiger partial charge in [0, 0.05) is 19.1 Å². The molecule has 1 fully saturated rings. The standard InChI is InChI=1S/C8H18N2O2S/c1-2-8(9)7-13(11,12)10-5-3-4-6-10/h8H,2-7,9H2,1H3. The van der Waals surface area contributed by atoms with Gasteiger partial charge >= 0.3 is 0 Å². The average molecular weight is 206 g/mol. The van der Waals surface area contributed by atoms with Crippen molar-refractivity contribution in [2.75, 3.05) is 18.8 Å². The van der Waals surface area contributed by atoms with Gasteiger partial charge < -0.3 is 5.73 Å². The SMILES string of the molecule is CCC(N)CS(=O)(=O)N1CCCC1. The van der Waals surface area contributed by atoms with Crippen LogP contribution in [0.5, 0.6) is 0 Å². The lowest BCUT2D eigenvalue weighted by Crippen LogP contribution is -2.37. The molecule has 2 N–H and O–H groups in total. The van der Waals surface area contributed by atoms with Crippen molar-refractivity contribution in [3.63, 3.8) is 0 Å². The number of hydrogen-bond acceptors (Lipinski definition) is 3. The van der Waals surface area contributed by atoms with Crippen LogP contribution in [0.3, 0.4) is 0 Å². The Bertz CT molecular complexity index is 245. The molecule has 1 aliphatic heterocycles. The van der Waals surface area contributed by atoms with Gasteiger partial charge in [0.2, 0.25) is 10.0 Å². The molecule has 0 bridgehead atoms. The zero-order valence-electron chi connectivity index (χ0n) is 8.07. The summed E-state index contributed by atoms with van der Waals surface area (Å²) in [6, 6.07) is -0.217. The van der Waals surface area contributed by atoms with Crippen LogP contribution in [0.15, 0.2) is 0 Å². The van der Waals surface area contributed by atoms with Crippen LogP contribution in [-0.4, -0.2) is 37.6 Å². The Balaban J connectivity index is 2.54. The van der Waals surface area contributed by atoms with Crippen molar-refractivity contribution in [1.82, 2.24) is 4.31 Å². The quantitative estimate of drug-likeness (QED) is 0.712. The second kappa shape index (κ2) is 4.39. The molecule has 13 heavy (non-hydrogen) atoms. The summed E-state index contributed by atoms with van der Waals surface area (Å²) >= 11 is 0. The van der Waals surface area contributed by atoms with E-state index < -0.39 is 10.0 Å². The lowest BCUT2D eigenvalue weighted by Gasteiger charge is -2.17. The molecule has 1 aliphatic rings. The molecule has 0 aliphatic carbocycles. The third kappa shape index (κ3) is 2.93. The molecule has 0 aromatic carbocycles. The van der Waals surface area contributed by atoms with E-state index in [2.05, 4.69) is 0 Å². The lowest BCUT2D eigenvalue weighted by molar-refractivity contribution is 0.471. The van der Waals surface area contributed by atoms with Crippen molar-refractivity contribution in [2.45, 2.75) is 32.2 Å². The van der Waals surface area contributed by atoms with Gasteiger partial charge in [0.25, 0.3) is 0 Å². The van der Waals surface area contributed by atoms with Crippen molar-refractivity contribution in [3.05, 3.63) is 0 Å². The number of nitrogens with two attached hydrogens (primary N) is 1. The minimum absolute atomic E-state index is 0.101. The van der Waals surface area contributed by atoms with E-state index in [1.165, 1.54) is 0 Å². The first-order valence-electron chi connectivity index (χ1n) is 4.79. The molecule has 1 atom stereocenters. The molecule has 78 valence electrons. The van der Waals surface area contributed by atoms with Crippen LogP contribution >= 0.6 is 0 Å². The van der Waals surface area contributed by atoms with Gasteiger partial charge in [-0.2, -0.15) is 0 Å². The predicted molar refractivity (Wildman–Crippen MR) is 52.9 cm³/mol. The van der Waals surface area contributed by atoms with E-state index in [0.29, 0.717) is 19.5 Å². The fourth-order valence-electron chi connectivity index (χ4n) is 1.46. The second-order valence-electron chi connectivity index (χ2n) is 3.55. The number of rotatable bonds is 4. The number of sulfonamides is 1. The van der Waals surface area contributed by atoms with Gasteiger partial charge in [0.15, 0.2) is 0 Å². The zero-order chi connectivity index (χ0) is 9.90. The highest BCUT2D eigenvalue weighted by Crippen LogP contribution is 2.13. The monoisotopic (exact) mass is 206 g/mol. The normalized spacial score (nSPS) is 22.0. The first-order valence-corrected chi connectivity index (χ1v) is 6.40. The van der Waals surface area contributed by atoms with Gasteiger partial charge in [-0.3, -0.25) is 0 Å². The summed E-state index contributed by atoms with van der Waals surface area (Å²) in [7, 11) is -3.06. The summed E-state index contributed by atoms with van der Waals surface area (Å²) < 4.78 is 24.9. The Morgan fingerprint density at radius 2 is 1.92 bits per heavy atom. The minimum atomic E-state index is -3.06. The van der Waals surface area contributed by atoms with Crippen LogP contribution in [0, 0.1) is 0 Å². The smallest absolute Gasteiger partial charge is 0.215 e. The molecular weight excluding hydrogens is 188 g/mol. The zero-order valence-corrected chi connectivity index (χ0v) is 8.89. The van der Waals surface area contributed by atoms with E-state index in [9.17, 15) is 8.42 Å². The third-order valence-corrected chi connectivity index (χ3v) is 4.41. The van der Waals surface area contributed by atoms with Crippen LogP contribution in [-0.2, 0) is 10.0 Å². The number of nitrogens with zero attached hydrogens (tertiary/aromatic N) is 1. The maximum Gasteiger partial charge on any atom is 0.215 e. The lowest BCUT2D eigenvalue weighted by atomic mass is 10.3. The maximum atomic E-state index is 11.6. The summed E-state index contributed by atoms with van der Waals surface area (Å²) in [6.07, 6.45) is 2.69. The van der Waals surface area contributed by atoms with Gasteiger partial charge in [-0.25, -0.2) is 12.7 Å². The molecular formula is C8H18N2O2S. The van der Waals surface area contributed by atoms with Crippen molar-refractivity contribution < 1.29 is 8.42 Å². The van der Waals surface area contributed by atoms with Gasteiger partial charge in [-0.05, 0) is 19.3 Å². The summed E-state index contributed by atoms with van der Waals surface area (Å²) in [5.74, 6) is 0.101. The molecule has 1 saturated heterocycles. The number of hydrogen-bond donors (Lipinski definition) is 1. The van der Waals surface area contributed by atoms with Crippen molar-refractivity contribution in [1.29, 1.82) is 0 Å². The van der Waals surface area contributed by atoms with Gasteiger partial charge in [-0.1, -0.05) is 6.92 Å². The Morgan fingerprint density at radius 1 is 1.38 bits per heavy atom. The Labute approximate surface area is 80.1 Å². The Hall–Kier alpha value is -0.130. The molecule has 0 saturated carbocycles. The van der Waals surface area contributed by atoms with E-state index in [-0.39, 0.29) is 11.8 Å². The van der Waals surface area contributed by atoms with Crippen molar-refractivity contribution in [3.8, 4) is 0 Å². The van der Waals surface area contributed by atoms with Gasteiger partial charge in [0.05, 0.1) is 5.75 Å². The molecule has 0 spiro atoms. The highest BCUT2D eigenvalue weighted by atomic mass is 32.2. The van der Waals surface area contributed by atoms with Crippen LogP contribution in [0.4, 0.5) is 0 Å². The van der Waals surface area contributed by atoms with Crippen LogP contribution in [0.25, 0.3) is 0 Å². The van der Waals surface area contributed by atoms with Crippen molar-refractivity contribution in [2.24, 2.45) is 5.73 Å². The molecule has 0 aromatic heterocycles. The van der Waals surface area contributed by atoms with Crippen LogP contribution < -0.4 is 5.73 Å². The van der Waals surface area contributed by atoms with E-state index in [1.54, 1.807) is 4.31 Å². The van der Waals surface area contributed by atoms with E-state index >= 15 is 0 Å². The molecule has 0 amide bonds. The van der Waals surface area contributed by atoms with Crippen LogP contribution in [0.2, 0.25) is 0 Å². The molecule has 1 rings (SSSR count). The summed E-state index contributed by atoms with van der Waals surface area (Å²) in [5, 5.41) is 0. The minimum Gasteiger partial charge on any atom is -0.327 e. The Morgan fingerprint density at radius 3 is 2.38 bits per heavy atom. The van der Waals surface area contributed by atoms with Gasteiger partial charge in [-0.15, -0.1) is 0 Å². The Kier molecular flexibility index (Phi) is 3.70. The summed E-state index contributed by atoms with van der Waals surface area (Å²) in [5.41, 5.74) is 5.62. The largest absolute Gasteiger partial charge is 0.327 e. The van der Waals surface area contributed by atoms with Gasteiger partial charge in [0.1, 0.15) is 0 Å². The fraction of sp³-hybridized carbons (Fsp3) is 1.00. The summed E-state index contributed by atoms with van der Waals surface area (Å²) in [4.78, 5) is 0.